The molecule has 1 aromatic heterocycles. The second-order valence-electron chi connectivity index (χ2n) is 4.58. The van der Waals surface area contributed by atoms with E-state index in [0.29, 0.717) is 6.61 Å². The highest BCUT2D eigenvalue weighted by Gasteiger charge is 2.16. The Hall–Kier alpha value is -1.66. The fraction of sp³-hybridized carbons (Fsp3) is 0.571. The van der Waals surface area contributed by atoms with Crippen LogP contribution in [0.5, 0.6) is 0 Å². The Morgan fingerprint density at radius 1 is 1.45 bits per heavy atom. The van der Waals surface area contributed by atoms with Crippen LogP contribution in [0.15, 0.2) is 12.3 Å². The molecule has 1 fully saturated rings. The number of rotatable bonds is 4. The van der Waals surface area contributed by atoms with E-state index in [1.165, 1.54) is 19.0 Å². The molecule has 0 amide bonds. The van der Waals surface area contributed by atoms with Crippen LogP contribution in [0.3, 0.4) is 0 Å². The number of hydrogen-bond acceptors (Lipinski definition) is 5. The predicted molar refractivity (Wildman–Crippen MR) is 76.3 cm³/mol. The molecule has 1 aromatic rings. The molecule has 0 saturated carbocycles. The minimum atomic E-state index is -0.918. The van der Waals surface area contributed by atoms with Gasteiger partial charge in [0.2, 0.25) is 0 Å². The van der Waals surface area contributed by atoms with E-state index in [9.17, 15) is 4.79 Å². The lowest BCUT2D eigenvalue weighted by molar-refractivity contribution is 0.0696. The smallest absolute Gasteiger partial charge is 0.337 e. The van der Waals surface area contributed by atoms with Crippen LogP contribution in [0, 0.1) is 6.92 Å². The van der Waals surface area contributed by atoms with E-state index in [0.717, 1.165) is 24.5 Å². The van der Waals surface area contributed by atoms with Crippen molar-refractivity contribution in [2.24, 2.45) is 0 Å². The van der Waals surface area contributed by atoms with Gasteiger partial charge in [-0.15, -0.1) is 0 Å². The maximum Gasteiger partial charge on any atom is 0.337 e. The topological polar surface area (TPSA) is 82.9 Å². The minimum Gasteiger partial charge on any atom is -0.478 e. The Morgan fingerprint density at radius 2 is 2.10 bits per heavy atom. The molecule has 1 saturated heterocycles. The number of carboxylic acids is 1. The Balaban J connectivity index is 0.000000347. The van der Waals surface area contributed by atoms with Crippen LogP contribution in [0.1, 0.15) is 28.8 Å². The Kier molecular flexibility index (Phi) is 6.97. The summed E-state index contributed by atoms with van der Waals surface area (Å²) in [5.41, 5.74) is 1.20. The summed E-state index contributed by atoms with van der Waals surface area (Å²) in [6.07, 6.45) is 3.83. The van der Waals surface area contributed by atoms with Gasteiger partial charge in [-0.3, -0.25) is 0 Å². The summed E-state index contributed by atoms with van der Waals surface area (Å²) in [4.78, 5) is 17.2. The van der Waals surface area contributed by atoms with Crippen molar-refractivity contribution in [2.75, 3.05) is 38.3 Å². The number of anilines is 1. The van der Waals surface area contributed by atoms with Crippen LogP contribution in [0.2, 0.25) is 0 Å². The molecular formula is C14H22N2O4. The maximum absolute atomic E-state index is 10.7. The molecule has 112 valence electrons. The summed E-state index contributed by atoms with van der Waals surface area (Å²) >= 11 is 0. The van der Waals surface area contributed by atoms with Gasteiger partial charge in [-0.1, -0.05) is 0 Å². The number of ether oxygens (including phenoxy) is 1. The van der Waals surface area contributed by atoms with Crippen molar-refractivity contribution < 1.29 is 19.7 Å². The monoisotopic (exact) mass is 282 g/mol. The van der Waals surface area contributed by atoms with E-state index in [1.54, 1.807) is 13.2 Å². The first kappa shape index (κ1) is 16.4. The molecule has 1 aliphatic heterocycles. The van der Waals surface area contributed by atoms with Gasteiger partial charge in [0.1, 0.15) is 5.82 Å². The quantitative estimate of drug-likeness (QED) is 0.866. The average Bonchev–Trinajstić information content (AvgIpc) is 2.94. The zero-order chi connectivity index (χ0) is 15.0. The molecule has 1 aliphatic rings. The molecule has 2 N–H and O–H groups in total. The molecule has 0 atom stereocenters. The molecule has 6 heteroatoms. The van der Waals surface area contributed by atoms with Gasteiger partial charge in [0, 0.05) is 26.4 Å². The molecule has 6 nitrogen and oxygen atoms in total. The normalized spacial score (nSPS) is 13.8. The van der Waals surface area contributed by atoms with E-state index in [-0.39, 0.29) is 12.2 Å². The van der Waals surface area contributed by atoms with Gasteiger partial charge in [0.15, 0.2) is 0 Å². The largest absolute Gasteiger partial charge is 0.478 e. The lowest BCUT2D eigenvalue weighted by atomic mass is 10.2. The highest BCUT2D eigenvalue weighted by molar-refractivity contribution is 5.87. The van der Waals surface area contributed by atoms with Crippen molar-refractivity contribution in [1.82, 2.24) is 4.98 Å². The fourth-order valence-corrected chi connectivity index (χ4v) is 2.04. The summed E-state index contributed by atoms with van der Waals surface area (Å²) in [6, 6.07) is 1.68. The highest BCUT2D eigenvalue weighted by Crippen LogP contribution is 2.22. The molecule has 0 spiro atoms. The number of nitrogens with zero attached hydrogens (tertiary/aromatic N) is 2. The van der Waals surface area contributed by atoms with E-state index < -0.39 is 5.97 Å². The molecule has 2 rings (SSSR count). The van der Waals surface area contributed by atoms with Gasteiger partial charge in [0.25, 0.3) is 0 Å². The van der Waals surface area contributed by atoms with Crippen LogP contribution < -0.4 is 4.90 Å². The number of aromatic carboxylic acids is 1. The van der Waals surface area contributed by atoms with Gasteiger partial charge in [-0.25, -0.2) is 9.78 Å². The Bertz CT molecular complexity index is 429. The number of aliphatic hydroxyl groups excluding tert-OH is 1. The van der Waals surface area contributed by atoms with Gasteiger partial charge in [-0.2, -0.15) is 0 Å². The molecule has 0 aromatic carbocycles. The molecule has 0 aliphatic carbocycles. The van der Waals surface area contributed by atoms with Crippen molar-refractivity contribution in [3.8, 4) is 0 Å². The third-order valence-corrected chi connectivity index (χ3v) is 3.00. The number of aliphatic hydroxyl groups is 1. The van der Waals surface area contributed by atoms with Crippen LogP contribution in [0.25, 0.3) is 0 Å². The average molecular weight is 282 g/mol. The van der Waals surface area contributed by atoms with E-state index in [4.69, 9.17) is 10.2 Å². The standard InChI is InChI=1S/C11H14N2O2.C3H8O2/c1-8-6-9(11(14)15)7-12-10(8)13-4-2-3-5-13;1-5-3-2-4/h6-7H,2-5H2,1H3,(H,14,15);4H,2-3H2,1H3. The van der Waals surface area contributed by atoms with Crippen molar-refractivity contribution in [3.63, 3.8) is 0 Å². The Morgan fingerprint density at radius 3 is 2.50 bits per heavy atom. The summed E-state index contributed by atoms with van der Waals surface area (Å²) in [5.74, 6) is 0.0103. The molecule has 20 heavy (non-hydrogen) atoms. The molecular weight excluding hydrogens is 260 g/mol. The number of aryl methyl sites for hydroxylation is 1. The lowest BCUT2D eigenvalue weighted by Gasteiger charge is -2.18. The number of methoxy groups -OCH3 is 1. The number of carbonyl (C=O) groups is 1. The highest BCUT2D eigenvalue weighted by atomic mass is 16.5. The van der Waals surface area contributed by atoms with Crippen LogP contribution in [-0.2, 0) is 4.74 Å². The first-order valence-electron chi connectivity index (χ1n) is 6.64. The van der Waals surface area contributed by atoms with Crippen molar-refractivity contribution in [1.29, 1.82) is 0 Å². The number of carboxylic acid groups (broad SMARTS) is 1. The van der Waals surface area contributed by atoms with Crippen LogP contribution in [0.4, 0.5) is 5.82 Å². The second-order valence-corrected chi connectivity index (χ2v) is 4.58. The number of hydrogen-bond donors (Lipinski definition) is 2. The summed E-state index contributed by atoms with van der Waals surface area (Å²) in [5, 5.41) is 16.8. The minimum absolute atomic E-state index is 0.122. The Labute approximate surface area is 119 Å². The zero-order valence-corrected chi connectivity index (χ0v) is 12.0. The predicted octanol–water partition coefficient (Wildman–Crippen LogP) is 1.31. The first-order chi connectivity index (χ1) is 9.60. The summed E-state index contributed by atoms with van der Waals surface area (Å²) in [6.45, 7) is 4.53. The van der Waals surface area contributed by atoms with Crippen LogP contribution >= 0.6 is 0 Å². The SMILES string of the molecule is COCCO.Cc1cc(C(=O)O)cnc1N1CCCC1. The summed E-state index contributed by atoms with van der Waals surface area (Å²) in [7, 11) is 1.55. The third kappa shape index (κ3) is 4.79. The number of aromatic nitrogens is 1. The lowest BCUT2D eigenvalue weighted by Crippen LogP contribution is -2.20. The molecule has 0 radical (unpaired) electrons. The van der Waals surface area contributed by atoms with Crippen LogP contribution in [-0.4, -0.2) is 54.6 Å². The zero-order valence-electron chi connectivity index (χ0n) is 12.0. The van der Waals surface area contributed by atoms with Gasteiger partial charge in [0.05, 0.1) is 18.8 Å². The van der Waals surface area contributed by atoms with Gasteiger partial charge >= 0.3 is 5.97 Å². The second kappa shape index (κ2) is 8.50. The third-order valence-electron chi connectivity index (χ3n) is 3.00. The molecule has 0 bridgehead atoms. The van der Waals surface area contributed by atoms with Gasteiger partial charge < -0.3 is 19.8 Å². The van der Waals surface area contributed by atoms with Gasteiger partial charge in [-0.05, 0) is 31.4 Å². The van der Waals surface area contributed by atoms with Crippen molar-refractivity contribution in [2.45, 2.75) is 19.8 Å². The maximum atomic E-state index is 10.7. The molecule has 2 heterocycles. The first-order valence-corrected chi connectivity index (χ1v) is 6.64. The van der Waals surface area contributed by atoms with E-state index in [2.05, 4.69) is 14.6 Å². The van der Waals surface area contributed by atoms with Crippen molar-refractivity contribution >= 4 is 11.8 Å². The van der Waals surface area contributed by atoms with E-state index >= 15 is 0 Å². The summed E-state index contributed by atoms with van der Waals surface area (Å²) < 4.78 is 4.44. The molecule has 0 unspecified atom stereocenters. The van der Waals surface area contributed by atoms with Crippen molar-refractivity contribution in [3.05, 3.63) is 23.4 Å². The fourth-order valence-electron chi connectivity index (χ4n) is 2.04. The number of pyridine rings is 1. The van der Waals surface area contributed by atoms with E-state index in [1.807, 2.05) is 6.92 Å².